The number of urea groups is 1. The van der Waals surface area contributed by atoms with E-state index in [1.54, 1.807) is 16.2 Å². The second kappa shape index (κ2) is 6.74. The van der Waals surface area contributed by atoms with Crippen molar-refractivity contribution in [2.45, 2.75) is 63.3 Å². The third kappa shape index (κ3) is 3.05. The molecule has 1 atom stereocenters. The van der Waals surface area contributed by atoms with E-state index in [2.05, 4.69) is 15.5 Å². The number of fused-ring (bicyclic) bond motifs is 1. The van der Waals surface area contributed by atoms with Crippen LogP contribution in [0.1, 0.15) is 60.7 Å². The van der Waals surface area contributed by atoms with E-state index in [0.29, 0.717) is 18.4 Å². The first kappa shape index (κ1) is 16.9. The van der Waals surface area contributed by atoms with Crippen molar-refractivity contribution in [2.75, 3.05) is 11.9 Å². The van der Waals surface area contributed by atoms with Gasteiger partial charge in [0.2, 0.25) is 0 Å². The molecule has 1 aliphatic heterocycles. The van der Waals surface area contributed by atoms with Gasteiger partial charge in [0.15, 0.2) is 5.82 Å². The van der Waals surface area contributed by atoms with Gasteiger partial charge in [-0.3, -0.25) is 5.32 Å². The molecule has 27 heavy (non-hydrogen) atoms. The van der Waals surface area contributed by atoms with Crippen LogP contribution < -0.4 is 5.32 Å². The highest BCUT2D eigenvalue weighted by Gasteiger charge is 2.33. The lowest BCUT2D eigenvalue weighted by molar-refractivity contribution is -0.110. The van der Waals surface area contributed by atoms with E-state index in [-0.39, 0.29) is 12.1 Å². The average molecular weight is 386 g/mol. The third-order valence-electron chi connectivity index (χ3n) is 5.71. The fourth-order valence-electron chi connectivity index (χ4n) is 4.08. The highest BCUT2D eigenvalue weighted by molar-refractivity contribution is 7.17. The van der Waals surface area contributed by atoms with Gasteiger partial charge in [0.1, 0.15) is 11.3 Å². The van der Waals surface area contributed by atoms with Crippen LogP contribution in [0.25, 0.3) is 11.5 Å². The second-order valence-corrected chi connectivity index (χ2v) is 8.72. The van der Waals surface area contributed by atoms with Crippen LogP contribution in [0.15, 0.2) is 4.52 Å². The molecule has 3 heterocycles. The van der Waals surface area contributed by atoms with Crippen LogP contribution >= 0.6 is 11.3 Å². The van der Waals surface area contributed by atoms with Gasteiger partial charge >= 0.3 is 6.03 Å². The minimum atomic E-state index is -0.326. The quantitative estimate of drug-likeness (QED) is 0.809. The third-order valence-corrected chi connectivity index (χ3v) is 6.91. The van der Waals surface area contributed by atoms with Crippen molar-refractivity contribution in [3.8, 4) is 11.5 Å². The van der Waals surface area contributed by atoms with Crippen molar-refractivity contribution in [3.63, 3.8) is 0 Å². The standard InChI is InChI=1S/C19H22N4O3S/c24-10-12-4-3-9-23(12)19(25)21-18-15(13-5-1-2-6-14(13)27-18)17-20-16(22-26-17)11-7-8-11/h10-12H,1-9H2,(H,21,25). The molecule has 7 nitrogen and oxygen atoms in total. The first-order valence-electron chi connectivity index (χ1n) is 9.76. The van der Waals surface area contributed by atoms with Gasteiger partial charge in [0, 0.05) is 17.3 Å². The Hall–Kier alpha value is -2.22. The summed E-state index contributed by atoms with van der Waals surface area (Å²) in [6.45, 7) is 0.613. The Kier molecular flexibility index (Phi) is 4.22. The summed E-state index contributed by atoms with van der Waals surface area (Å²) in [5, 5.41) is 7.97. The molecule has 1 saturated carbocycles. The van der Waals surface area contributed by atoms with Crippen LogP contribution in [0.3, 0.4) is 0 Å². The Morgan fingerprint density at radius 1 is 1.22 bits per heavy atom. The van der Waals surface area contributed by atoms with E-state index in [1.807, 2.05) is 0 Å². The van der Waals surface area contributed by atoms with Crippen molar-refractivity contribution in [3.05, 3.63) is 16.3 Å². The number of rotatable bonds is 4. The van der Waals surface area contributed by atoms with E-state index >= 15 is 0 Å². The lowest BCUT2D eigenvalue weighted by Crippen LogP contribution is -2.39. The number of amides is 2. The maximum Gasteiger partial charge on any atom is 0.323 e. The molecule has 142 valence electrons. The zero-order valence-electron chi connectivity index (χ0n) is 15.1. The number of anilines is 1. The maximum atomic E-state index is 12.8. The van der Waals surface area contributed by atoms with Crippen molar-refractivity contribution in [2.24, 2.45) is 0 Å². The van der Waals surface area contributed by atoms with Gasteiger partial charge in [-0.1, -0.05) is 5.16 Å². The molecule has 8 heteroatoms. The molecule has 2 fully saturated rings. The largest absolute Gasteiger partial charge is 0.334 e. The van der Waals surface area contributed by atoms with Crippen LogP contribution in [0.4, 0.5) is 9.80 Å². The zero-order valence-corrected chi connectivity index (χ0v) is 15.9. The van der Waals surface area contributed by atoms with E-state index in [0.717, 1.165) is 74.0 Å². The normalized spacial score (nSPS) is 21.9. The fourth-order valence-corrected chi connectivity index (χ4v) is 5.35. The molecule has 0 radical (unpaired) electrons. The van der Waals surface area contributed by atoms with Crippen molar-refractivity contribution < 1.29 is 14.1 Å². The highest BCUT2D eigenvalue weighted by Crippen LogP contribution is 2.45. The molecule has 1 N–H and O–H groups in total. The highest BCUT2D eigenvalue weighted by atomic mass is 32.1. The van der Waals surface area contributed by atoms with Gasteiger partial charge in [0.05, 0.1) is 11.6 Å². The topological polar surface area (TPSA) is 88.3 Å². The van der Waals surface area contributed by atoms with Gasteiger partial charge in [-0.05, 0) is 56.9 Å². The number of aryl methyl sites for hydroxylation is 1. The Labute approximate surface area is 161 Å². The zero-order chi connectivity index (χ0) is 18.4. The molecule has 2 amide bonds. The molecule has 1 unspecified atom stereocenters. The van der Waals surface area contributed by atoms with Crippen LogP contribution in [-0.4, -0.2) is 39.9 Å². The van der Waals surface area contributed by atoms with Crippen molar-refractivity contribution in [1.82, 2.24) is 15.0 Å². The molecule has 5 rings (SSSR count). The number of thiophene rings is 1. The fraction of sp³-hybridized carbons (Fsp3) is 0.579. The Balaban J connectivity index is 1.48. The molecule has 0 spiro atoms. The summed E-state index contributed by atoms with van der Waals surface area (Å²) in [6.07, 6.45) is 8.99. The predicted molar refractivity (Wildman–Crippen MR) is 101 cm³/mol. The van der Waals surface area contributed by atoms with E-state index < -0.39 is 0 Å². The molecule has 0 aromatic carbocycles. The lowest BCUT2D eigenvalue weighted by Gasteiger charge is -2.20. The molecule has 3 aliphatic rings. The van der Waals surface area contributed by atoms with Crippen molar-refractivity contribution in [1.29, 1.82) is 0 Å². The lowest BCUT2D eigenvalue weighted by atomic mass is 9.95. The number of carbonyl (C=O) groups excluding carboxylic acids is 2. The van der Waals surface area contributed by atoms with Gasteiger partial charge in [0.25, 0.3) is 5.89 Å². The molecule has 2 aromatic rings. The number of hydrogen-bond donors (Lipinski definition) is 1. The summed E-state index contributed by atoms with van der Waals surface area (Å²) >= 11 is 1.61. The van der Waals surface area contributed by atoms with Gasteiger partial charge in [-0.15, -0.1) is 11.3 Å². The summed E-state index contributed by atoms with van der Waals surface area (Å²) in [4.78, 5) is 31.6. The summed E-state index contributed by atoms with van der Waals surface area (Å²) in [5.74, 6) is 1.71. The summed E-state index contributed by atoms with van der Waals surface area (Å²) in [6, 6.07) is -0.542. The SMILES string of the molecule is O=CC1CCCN1C(=O)Nc1sc2c(c1-c1nc(C3CC3)no1)CCCC2. The molecular formula is C19H22N4O3S. The molecule has 2 aromatic heterocycles. The molecule has 1 saturated heterocycles. The number of hydrogen-bond acceptors (Lipinski definition) is 6. The molecular weight excluding hydrogens is 364 g/mol. The van der Waals surface area contributed by atoms with Gasteiger partial charge in [-0.2, -0.15) is 4.98 Å². The Morgan fingerprint density at radius 2 is 2.07 bits per heavy atom. The van der Waals surface area contributed by atoms with Crippen molar-refractivity contribution >= 4 is 28.7 Å². The Bertz CT molecular complexity index is 886. The van der Waals surface area contributed by atoms with E-state index in [1.165, 1.54) is 10.4 Å². The smallest absolute Gasteiger partial charge is 0.323 e. The molecule has 0 bridgehead atoms. The van der Waals surface area contributed by atoms with Crippen LogP contribution in [0, 0.1) is 0 Å². The van der Waals surface area contributed by atoms with E-state index in [4.69, 9.17) is 4.52 Å². The summed E-state index contributed by atoms with van der Waals surface area (Å²) < 4.78 is 5.59. The number of carbonyl (C=O) groups is 2. The number of likely N-dealkylation sites (tertiary alicyclic amines) is 1. The number of aldehydes is 1. The summed E-state index contributed by atoms with van der Waals surface area (Å²) in [7, 11) is 0. The first-order chi connectivity index (χ1) is 13.2. The van der Waals surface area contributed by atoms with Gasteiger partial charge < -0.3 is 14.2 Å². The predicted octanol–water partition coefficient (Wildman–Crippen LogP) is 3.75. The minimum Gasteiger partial charge on any atom is -0.334 e. The van der Waals surface area contributed by atoms with Crippen LogP contribution in [-0.2, 0) is 17.6 Å². The van der Waals surface area contributed by atoms with Crippen LogP contribution in [0.5, 0.6) is 0 Å². The number of nitrogens with zero attached hydrogens (tertiary/aromatic N) is 3. The number of aromatic nitrogens is 2. The van der Waals surface area contributed by atoms with Crippen LogP contribution in [0.2, 0.25) is 0 Å². The number of nitrogens with one attached hydrogen (secondary N) is 1. The maximum absolute atomic E-state index is 12.8. The monoisotopic (exact) mass is 386 g/mol. The van der Waals surface area contributed by atoms with E-state index in [9.17, 15) is 9.59 Å². The first-order valence-corrected chi connectivity index (χ1v) is 10.6. The average Bonchev–Trinajstić information content (AvgIpc) is 3.09. The Morgan fingerprint density at radius 3 is 2.89 bits per heavy atom. The second-order valence-electron chi connectivity index (χ2n) is 7.62. The summed E-state index contributed by atoms with van der Waals surface area (Å²) in [5.41, 5.74) is 2.13. The minimum absolute atomic E-state index is 0.216. The molecule has 2 aliphatic carbocycles. The van der Waals surface area contributed by atoms with Gasteiger partial charge in [-0.25, -0.2) is 4.79 Å².